The zero-order valence-electron chi connectivity index (χ0n) is 78.5. The Morgan fingerprint density at radius 2 is 0.518 bits per heavy atom. The summed E-state index contributed by atoms with van der Waals surface area (Å²) in [5.41, 5.74) is 11.5. The molecule has 0 N–H and O–H groups in total. The van der Waals surface area contributed by atoms with E-state index >= 15 is 0 Å². The van der Waals surface area contributed by atoms with Crippen LogP contribution < -0.4 is 28.4 Å². The van der Waals surface area contributed by atoms with Gasteiger partial charge in [0.15, 0.2) is 0 Å². The number of benzene rings is 9. The van der Waals surface area contributed by atoms with Gasteiger partial charge in [-0.05, 0) is 269 Å². The fourth-order valence-electron chi connectivity index (χ4n) is 17.9. The van der Waals surface area contributed by atoms with Gasteiger partial charge in [-0.25, -0.2) is 68.0 Å². The monoisotopic (exact) mass is 1970 g/mol. The second-order valence-corrected chi connectivity index (χ2v) is 45.4. The molecule has 0 spiro atoms. The Morgan fingerprint density at radius 1 is 0.259 bits per heavy atom. The number of ether oxygens (including phenoxy) is 6. The first-order chi connectivity index (χ1) is 66.7. The lowest BCUT2D eigenvalue weighted by molar-refractivity contribution is 0.137. The van der Waals surface area contributed by atoms with Gasteiger partial charge in [-0.15, -0.1) is 0 Å². The minimum Gasteiger partial charge on any atom is -0.497 e. The van der Waals surface area contributed by atoms with Crippen molar-refractivity contribution in [1.29, 1.82) is 0 Å². The SMILES string of the molecule is COc1cccc(-c2cc(OC3CCN(S(C)(=O)=O)CC3)c3cnccc3c2)c1.CS(=O)(=O)N1CCC(Oc2cc(-c3cccc(F)c3)cc3ccncc23)CC1.CS(=O)(=O)N1CCC(Oc2cc(-c3ccccc3)cc3ccncc23)CC1.CS(=O)(=O)N1CCC(Oc2cc(-c3cccnc3)cc3ccncc23)CC1.Cc1cccc(-c2cc(OC3CCN(S(C)(=O)=O)CC3)c3cnccc3c2)c1. The molecule has 0 unspecified atom stereocenters. The minimum atomic E-state index is -3.17. The van der Waals surface area contributed by atoms with E-state index in [1.807, 2.05) is 146 Å². The number of halogens is 1. The first kappa shape index (κ1) is 99.5. The molecule has 33 heteroatoms. The Morgan fingerprint density at radius 3 is 0.799 bits per heavy atom. The minimum absolute atomic E-state index is 0.00238. The van der Waals surface area contributed by atoms with E-state index in [4.69, 9.17) is 28.4 Å². The third-order valence-electron chi connectivity index (χ3n) is 25.4. The smallest absolute Gasteiger partial charge is 0.211 e. The van der Waals surface area contributed by atoms with Crippen LogP contribution in [0.2, 0.25) is 0 Å². The van der Waals surface area contributed by atoms with Crippen LogP contribution in [0.5, 0.6) is 34.5 Å². The van der Waals surface area contributed by atoms with Gasteiger partial charge in [0.05, 0.1) is 38.4 Å². The van der Waals surface area contributed by atoms with E-state index in [2.05, 4.69) is 110 Å². The fourth-order valence-corrected chi connectivity index (χ4v) is 22.3. The van der Waals surface area contributed by atoms with Crippen molar-refractivity contribution in [3.63, 3.8) is 0 Å². The summed E-state index contributed by atoms with van der Waals surface area (Å²) in [6.45, 7) is 6.91. The molecule has 11 heterocycles. The second kappa shape index (κ2) is 44.3. The number of sulfonamides is 5. The number of aryl methyl sites for hydroxylation is 1. The van der Waals surface area contributed by atoms with Gasteiger partial charge in [-0.2, -0.15) is 0 Å². The third kappa shape index (κ3) is 26.1. The molecule has 20 rings (SSSR count). The zero-order valence-corrected chi connectivity index (χ0v) is 82.5. The highest BCUT2D eigenvalue weighted by Crippen LogP contribution is 2.42. The van der Waals surface area contributed by atoms with E-state index in [-0.39, 0.29) is 36.3 Å². The molecule has 0 aliphatic carbocycles. The largest absolute Gasteiger partial charge is 0.497 e. The maximum atomic E-state index is 13.7. The zero-order chi connectivity index (χ0) is 97.6. The summed E-state index contributed by atoms with van der Waals surface area (Å²) in [7, 11) is -14.1. The predicted molar refractivity (Wildman–Crippen MR) is 545 cm³/mol. The van der Waals surface area contributed by atoms with E-state index in [1.165, 1.54) is 70.5 Å². The molecular weight excluding hydrogens is 1860 g/mol. The number of fused-ring (bicyclic) bond motifs is 5. The highest BCUT2D eigenvalue weighted by atomic mass is 32.2. The van der Waals surface area contributed by atoms with Crippen molar-refractivity contribution in [2.45, 2.75) is 102 Å². The number of hydrogen-bond donors (Lipinski definition) is 0. The number of methoxy groups -OCH3 is 1. The van der Waals surface area contributed by atoms with Gasteiger partial charge in [0.25, 0.3) is 0 Å². The molecule has 9 aromatic carbocycles. The molecule has 0 radical (unpaired) electrons. The number of pyridine rings is 6. The van der Waals surface area contributed by atoms with E-state index in [0.717, 1.165) is 138 Å². The van der Waals surface area contributed by atoms with Gasteiger partial charge < -0.3 is 28.4 Å². The molecule has 27 nitrogen and oxygen atoms in total. The summed E-state index contributed by atoms with van der Waals surface area (Å²) in [6.07, 6.45) is 34.2. The van der Waals surface area contributed by atoms with Crippen molar-refractivity contribution < 1.29 is 74.9 Å². The van der Waals surface area contributed by atoms with Crippen LogP contribution in [0.15, 0.2) is 281 Å². The average Bonchev–Trinajstić information content (AvgIpc) is 0.820. The molecule has 0 bridgehead atoms. The average molecular weight is 1980 g/mol. The summed E-state index contributed by atoms with van der Waals surface area (Å²) >= 11 is 0. The maximum Gasteiger partial charge on any atom is 0.211 e. The maximum absolute atomic E-state index is 13.7. The summed E-state index contributed by atoms with van der Waals surface area (Å²) in [6, 6.07) is 67.3. The number of hydrogen-bond acceptors (Lipinski definition) is 22. The molecule has 139 heavy (non-hydrogen) atoms. The Labute approximate surface area is 812 Å². The van der Waals surface area contributed by atoms with E-state index in [0.29, 0.717) is 135 Å². The van der Waals surface area contributed by atoms with Crippen molar-refractivity contribution in [2.75, 3.05) is 104 Å². The Bertz CT molecular complexity index is 7130. The number of aromatic nitrogens is 6. The van der Waals surface area contributed by atoms with Crippen LogP contribution in [0.25, 0.3) is 109 Å². The molecule has 5 aliphatic heterocycles. The Balaban J connectivity index is 0.000000125. The van der Waals surface area contributed by atoms with Crippen LogP contribution in [0, 0.1) is 12.7 Å². The van der Waals surface area contributed by atoms with Gasteiger partial charge in [-0.1, -0.05) is 90.5 Å². The highest BCUT2D eigenvalue weighted by molar-refractivity contribution is 7.89. The fraction of sp³-hybridized carbons (Fsp3) is 0.302. The summed E-state index contributed by atoms with van der Waals surface area (Å²) in [5.74, 6) is 4.35. The van der Waals surface area contributed by atoms with Crippen LogP contribution >= 0.6 is 0 Å². The molecule has 0 saturated carbocycles. The van der Waals surface area contributed by atoms with Gasteiger partial charge >= 0.3 is 0 Å². The Hall–Kier alpha value is -12.5. The van der Waals surface area contributed by atoms with Crippen LogP contribution in [0.3, 0.4) is 0 Å². The molecule has 6 aromatic heterocycles. The normalized spacial score (nSPS) is 16.3. The van der Waals surface area contributed by atoms with Crippen LogP contribution in [-0.2, 0) is 50.1 Å². The lowest BCUT2D eigenvalue weighted by Gasteiger charge is -2.30. The topological polar surface area (TPSA) is 320 Å². The second-order valence-electron chi connectivity index (χ2n) is 35.5. The number of nitrogens with zero attached hydrogens (tertiary/aromatic N) is 11. The van der Waals surface area contributed by atoms with Crippen LogP contribution in [0.4, 0.5) is 4.39 Å². The van der Waals surface area contributed by atoms with Gasteiger partial charge in [0.1, 0.15) is 70.8 Å². The van der Waals surface area contributed by atoms with Gasteiger partial charge in [0, 0.05) is 172 Å². The van der Waals surface area contributed by atoms with Crippen molar-refractivity contribution in [3.8, 4) is 90.1 Å². The van der Waals surface area contributed by atoms with Crippen molar-refractivity contribution in [3.05, 3.63) is 292 Å². The molecule has 15 aromatic rings. The highest BCUT2D eigenvalue weighted by Gasteiger charge is 2.33. The first-order valence-electron chi connectivity index (χ1n) is 46.2. The molecule has 5 saturated heterocycles. The molecule has 0 atom stereocenters. The standard InChI is InChI=1S/C22H24N2O4S.C22H24N2O3S.C21H21FN2O3S.C21H22N2O3S.C20H21N3O3S/c1-27-20-5-3-4-16(13-20)18-12-17-6-9-23-15-21(17)22(14-18)28-19-7-10-24(11-8-19)29(2,25)26;1-16-4-3-5-17(12-16)19-13-18-6-9-23-15-21(18)22(14-19)27-20-7-10-24(11-8-20)28(2,25)26;1-28(25,26)24-9-6-19(7-10-24)27-21-13-17(15-3-2-4-18(22)12-15)11-16-5-8-23-14-20(16)21;1-27(24,25)23-11-8-19(9-12-23)26-21-14-18(16-5-3-2-4-6-16)13-17-7-10-22-15-20(17)21;1-27(24,25)23-9-5-18(6-10-23)26-20-12-17(16-3-2-7-21-13-16)11-15-4-8-22-14-19(15)20/h3-6,9,12-15,19H,7-8,10-11H2,1-2H3;3-6,9,12-15,20H,7-8,10-11H2,1-2H3;2-5,8,11-14,19H,6-7,9-10H2,1H3;2-7,10,13-15,19H,8-9,11-12H2,1H3;2-4,7-8,11-14,18H,5-6,9-10H2,1H3. The lowest BCUT2D eigenvalue weighted by atomic mass is 10.00. The van der Waals surface area contributed by atoms with Crippen LogP contribution in [0.1, 0.15) is 69.8 Å². The summed E-state index contributed by atoms with van der Waals surface area (Å²) in [4.78, 5) is 25.4. The van der Waals surface area contributed by atoms with E-state index in [9.17, 15) is 46.5 Å². The lowest BCUT2D eigenvalue weighted by Crippen LogP contribution is -2.41. The molecule has 0 amide bonds. The third-order valence-corrected chi connectivity index (χ3v) is 31.9. The van der Waals surface area contributed by atoms with Gasteiger partial charge in [0.2, 0.25) is 50.1 Å². The molecule has 5 fully saturated rings. The van der Waals surface area contributed by atoms with Crippen molar-refractivity contribution >= 4 is 104 Å². The number of rotatable bonds is 21. The molecule has 5 aliphatic rings. The first-order valence-corrected chi connectivity index (χ1v) is 55.4. The quantitative estimate of drug-likeness (QED) is 0.0645. The summed E-state index contributed by atoms with van der Waals surface area (Å²) in [5, 5.41) is 9.95. The van der Waals surface area contributed by atoms with Crippen molar-refractivity contribution in [2.24, 2.45) is 0 Å². The van der Waals surface area contributed by atoms with Crippen molar-refractivity contribution in [1.82, 2.24) is 51.4 Å². The number of piperidine rings is 5. The summed E-state index contributed by atoms with van der Waals surface area (Å²) < 4.78 is 175. The van der Waals surface area contributed by atoms with Gasteiger partial charge in [-0.3, -0.25) is 29.9 Å². The Kier molecular flexibility index (Phi) is 31.7. The predicted octanol–water partition coefficient (Wildman–Crippen LogP) is 18.4. The molecule has 724 valence electrons. The van der Waals surface area contributed by atoms with E-state index in [1.54, 1.807) is 56.6 Å². The van der Waals surface area contributed by atoms with E-state index < -0.39 is 50.1 Å². The van der Waals surface area contributed by atoms with Crippen LogP contribution in [-0.4, -0.2) is 228 Å². The molecular formula is C106H112FN11O16S5.